The van der Waals surface area contributed by atoms with Crippen LogP contribution in [0.1, 0.15) is 5.56 Å². The first-order valence-corrected chi connectivity index (χ1v) is 7.91. The number of aliphatic hydroxyl groups excluding tert-OH is 1. The molecular weight excluding hydrogens is 308 g/mol. The van der Waals surface area contributed by atoms with Crippen molar-refractivity contribution >= 4 is 11.7 Å². The van der Waals surface area contributed by atoms with Crippen molar-refractivity contribution in [3.8, 4) is 0 Å². The van der Waals surface area contributed by atoms with Crippen LogP contribution in [0.15, 0.2) is 47.5 Å². The van der Waals surface area contributed by atoms with Crippen LogP contribution in [0, 0.1) is 0 Å². The number of hydrogen-bond donors (Lipinski definition) is 2. The Morgan fingerprint density at radius 1 is 1.25 bits per heavy atom. The Kier molecular flexibility index (Phi) is 4.90. The Bertz CT molecular complexity index is 747. The second-order valence-corrected chi connectivity index (χ2v) is 5.87. The van der Waals surface area contributed by atoms with E-state index in [-0.39, 0.29) is 18.0 Å². The lowest BCUT2D eigenvalue weighted by Gasteiger charge is -2.22. The maximum Gasteiger partial charge on any atom is 0.252 e. The highest BCUT2D eigenvalue weighted by Crippen LogP contribution is 2.13. The fourth-order valence-electron chi connectivity index (χ4n) is 2.84. The number of anilines is 1. The van der Waals surface area contributed by atoms with Gasteiger partial charge in [-0.25, -0.2) is 4.98 Å². The highest BCUT2D eigenvalue weighted by Gasteiger charge is 2.25. The largest absolute Gasteiger partial charge is 0.389 e. The van der Waals surface area contributed by atoms with Gasteiger partial charge in [0, 0.05) is 32.2 Å². The summed E-state index contributed by atoms with van der Waals surface area (Å²) in [6.07, 6.45) is 0.970. The number of H-pyrrole nitrogens is 1. The van der Waals surface area contributed by atoms with Crippen LogP contribution in [0.2, 0.25) is 0 Å². The number of nitrogens with one attached hydrogen (secondary N) is 1. The molecule has 1 aliphatic rings. The topological polar surface area (TPSA) is 89.5 Å². The number of aliphatic hydroxyl groups is 1. The van der Waals surface area contributed by atoms with Crippen molar-refractivity contribution in [2.45, 2.75) is 12.5 Å². The molecule has 1 fully saturated rings. The van der Waals surface area contributed by atoms with Crippen molar-refractivity contribution in [1.29, 1.82) is 0 Å². The van der Waals surface area contributed by atoms with Crippen LogP contribution in [0.3, 0.4) is 0 Å². The number of aromatic nitrogens is 2. The van der Waals surface area contributed by atoms with Crippen molar-refractivity contribution in [3.05, 3.63) is 58.6 Å². The molecular formula is C17H20N4O3. The van der Waals surface area contributed by atoms with E-state index >= 15 is 0 Å². The Morgan fingerprint density at radius 3 is 2.79 bits per heavy atom. The molecule has 24 heavy (non-hydrogen) atoms. The number of hydrogen-bond acceptors (Lipinski definition) is 5. The van der Waals surface area contributed by atoms with Crippen molar-refractivity contribution in [3.63, 3.8) is 0 Å². The lowest BCUT2D eigenvalue weighted by Crippen LogP contribution is -2.38. The van der Waals surface area contributed by atoms with E-state index in [9.17, 15) is 14.7 Å². The molecule has 3 rings (SSSR count). The van der Waals surface area contributed by atoms with Gasteiger partial charge in [0.2, 0.25) is 5.91 Å². The maximum absolute atomic E-state index is 12.5. The molecule has 0 spiro atoms. The normalized spacial score (nSPS) is 18.3. The van der Waals surface area contributed by atoms with Crippen LogP contribution in [-0.2, 0) is 11.2 Å². The zero-order valence-electron chi connectivity index (χ0n) is 13.3. The lowest BCUT2D eigenvalue weighted by molar-refractivity contribution is -0.131. The molecule has 1 amide bonds. The maximum atomic E-state index is 12.5. The number of nitrogens with zero attached hydrogens (tertiary/aromatic N) is 3. The van der Waals surface area contributed by atoms with Gasteiger partial charge in [-0.3, -0.25) is 9.59 Å². The average Bonchev–Trinajstić information content (AvgIpc) is 2.77. The standard InChI is InChI=1S/C17H20N4O3/c22-14-10-20(15-9-16(23)19-12-18-15)6-7-21(11-14)17(24)8-13-4-2-1-3-5-13/h1-5,9,12,14,22H,6-8,10-11H2,(H,18,19,23)/t14-/m1/s1. The van der Waals surface area contributed by atoms with E-state index in [1.165, 1.54) is 12.4 Å². The molecule has 1 aromatic carbocycles. The van der Waals surface area contributed by atoms with Crippen LogP contribution < -0.4 is 10.5 Å². The average molecular weight is 328 g/mol. The summed E-state index contributed by atoms with van der Waals surface area (Å²) in [5, 5.41) is 10.2. The summed E-state index contributed by atoms with van der Waals surface area (Å²) in [6.45, 7) is 1.63. The summed E-state index contributed by atoms with van der Waals surface area (Å²) in [4.78, 5) is 34.0. The quantitative estimate of drug-likeness (QED) is 0.829. The van der Waals surface area contributed by atoms with E-state index in [1.54, 1.807) is 4.90 Å². The summed E-state index contributed by atoms with van der Waals surface area (Å²) in [6, 6.07) is 10.9. The summed E-state index contributed by atoms with van der Waals surface area (Å²) < 4.78 is 0. The fraction of sp³-hybridized carbons (Fsp3) is 0.353. The van der Waals surface area contributed by atoms with Crippen molar-refractivity contribution < 1.29 is 9.90 Å². The highest BCUT2D eigenvalue weighted by atomic mass is 16.3. The summed E-state index contributed by atoms with van der Waals surface area (Å²) in [5.74, 6) is 0.496. The van der Waals surface area contributed by atoms with Gasteiger partial charge in [-0.1, -0.05) is 30.3 Å². The smallest absolute Gasteiger partial charge is 0.252 e. The van der Waals surface area contributed by atoms with Crippen molar-refractivity contribution in [2.24, 2.45) is 0 Å². The molecule has 1 aromatic heterocycles. The Labute approximate surface area is 139 Å². The molecule has 7 heteroatoms. The van der Waals surface area contributed by atoms with Crippen molar-refractivity contribution in [1.82, 2.24) is 14.9 Å². The van der Waals surface area contributed by atoms with Gasteiger partial charge in [-0.05, 0) is 5.56 Å². The summed E-state index contributed by atoms with van der Waals surface area (Å²) in [5.41, 5.74) is 0.713. The minimum Gasteiger partial charge on any atom is -0.389 e. The number of rotatable bonds is 3. The molecule has 1 atom stereocenters. The SMILES string of the molecule is O=C(Cc1ccccc1)N1CCN(c2cc(=O)[nH]cn2)C[C@@H](O)C1. The van der Waals surface area contributed by atoms with Gasteiger partial charge in [0.25, 0.3) is 5.56 Å². The van der Waals surface area contributed by atoms with Gasteiger partial charge in [0.1, 0.15) is 5.82 Å². The molecule has 0 unspecified atom stereocenters. The number of benzene rings is 1. The fourth-order valence-corrected chi connectivity index (χ4v) is 2.84. The molecule has 126 valence electrons. The van der Waals surface area contributed by atoms with Crippen LogP contribution in [0.5, 0.6) is 0 Å². The van der Waals surface area contributed by atoms with Gasteiger partial charge in [0.15, 0.2) is 0 Å². The number of amides is 1. The Hall–Kier alpha value is -2.67. The van der Waals surface area contributed by atoms with E-state index in [0.717, 1.165) is 5.56 Å². The van der Waals surface area contributed by atoms with Gasteiger partial charge >= 0.3 is 0 Å². The molecule has 2 heterocycles. The zero-order valence-corrected chi connectivity index (χ0v) is 13.3. The van der Waals surface area contributed by atoms with E-state index in [0.29, 0.717) is 31.9 Å². The molecule has 0 aliphatic carbocycles. The molecule has 1 saturated heterocycles. The predicted octanol–water partition coefficient (Wildman–Crippen LogP) is 0.0221. The van der Waals surface area contributed by atoms with E-state index in [2.05, 4.69) is 9.97 Å². The second kappa shape index (κ2) is 7.27. The molecule has 0 radical (unpaired) electrons. The van der Waals surface area contributed by atoms with Crippen LogP contribution >= 0.6 is 0 Å². The molecule has 7 nitrogen and oxygen atoms in total. The Balaban J connectivity index is 1.68. The van der Waals surface area contributed by atoms with E-state index in [1.807, 2.05) is 35.2 Å². The van der Waals surface area contributed by atoms with E-state index in [4.69, 9.17) is 0 Å². The number of carbonyl (C=O) groups excluding carboxylic acids is 1. The van der Waals surface area contributed by atoms with Gasteiger partial charge in [-0.2, -0.15) is 0 Å². The molecule has 2 aromatic rings. The van der Waals surface area contributed by atoms with Crippen LogP contribution in [0.4, 0.5) is 5.82 Å². The third-order valence-electron chi connectivity index (χ3n) is 4.04. The molecule has 1 aliphatic heterocycles. The van der Waals surface area contributed by atoms with Gasteiger partial charge in [-0.15, -0.1) is 0 Å². The predicted molar refractivity (Wildman–Crippen MR) is 89.8 cm³/mol. The summed E-state index contributed by atoms with van der Waals surface area (Å²) >= 11 is 0. The minimum absolute atomic E-state index is 0.0130. The number of aromatic amines is 1. The first kappa shape index (κ1) is 16.2. The highest BCUT2D eigenvalue weighted by molar-refractivity contribution is 5.79. The van der Waals surface area contributed by atoms with Crippen LogP contribution in [0.25, 0.3) is 0 Å². The molecule has 0 bridgehead atoms. The van der Waals surface area contributed by atoms with Gasteiger partial charge in [0.05, 0.1) is 18.9 Å². The third-order valence-corrected chi connectivity index (χ3v) is 4.04. The third kappa shape index (κ3) is 3.99. The lowest BCUT2D eigenvalue weighted by atomic mass is 10.1. The first-order valence-electron chi connectivity index (χ1n) is 7.91. The first-order chi connectivity index (χ1) is 11.6. The van der Waals surface area contributed by atoms with E-state index < -0.39 is 6.10 Å². The second-order valence-electron chi connectivity index (χ2n) is 5.87. The molecule has 0 saturated carbocycles. The van der Waals surface area contributed by atoms with Crippen molar-refractivity contribution in [2.75, 3.05) is 31.1 Å². The number of β-amino-alcohol motifs (C(OH)–C–C–N with tert-alkyl or cyclic N) is 1. The zero-order chi connectivity index (χ0) is 16.9. The summed E-state index contributed by atoms with van der Waals surface area (Å²) in [7, 11) is 0. The Morgan fingerprint density at radius 2 is 2.04 bits per heavy atom. The van der Waals surface area contributed by atoms with Crippen LogP contribution in [-0.4, -0.2) is 58.2 Å². The molecule has 2 N–H and O–H groups in total. The number of carbonyl (C=O) groups is 1. The monoisotopic (exact) mass is 328 g/mol. The minimum atomic E-state index is -0.687. The van der Waals surface area contributed by atoms with Gasteiger partial charge < -0.3 is 19.9 Å².